The summed E-state index contributed by atoms with van der Waals surface area (Å²) < 4.78 is 2.22. The summed E-state index contributed by atoms with van der Waals surface area (Å²) in [6.45, 7) is 6.71. The Kier molecular flexibility index (Phi) is 4.13. The van der Waals surface area contributed by atoms with Gasteiger partial charge in [0.2, 0.25) is 0 Å². The second kappa shape index (κ2) is 5.69. The topological polar surface area (TPSA) is 53.4 Å². The van der Waals surface area contributed by atoms with E-state index in [4.69, 9.17) is 0 Å². The standard InChI is InChI=1S/C16H20N2O2Si/c1-18(21(2,3)4)13-10-14(12-8-6-5-7-9-12)15(16(19)20)17-11-13/h5-11H,1-4H3,(H,19,20). The monoisotopic (exact) mass is 300 g/mol. The first-order valence-electron chi connectivity index (χ1n) is 6.83. The third kappa shape index (κ3) is 3.31. The Labute approximate surface area is 126 Å². The van der Waals surface area contributed by atoms with E-state index in [1.165, 1.54) is 0 Å². The van der Waals surface area contributed by atoms with E-state index >= 15 is 0 Å². The number of hydrogen-bond acceptors (Lipinski definition) is 3. The molecular formula is C16H20N2O2Si. The van der Waals surface area contributed by atoms with Crippen molar-refractivity contribution in [2.24, 2.45) is 0 Å². The Morgan fingerprint density at radius 1 is 1.19 bits per heavy atom. The van der Waals surface area contributed by atoms with Crippen molar-refractivity contribution in [3.8, 4) is 11.1 Å². The van der Waals surface area contributed by atoms with Crippen LogP contribution >= 0.6 is 0 Å². The smallest absolute Gasteiger partial charge is 0.355 e. The number of anilines is 1. The zero-order valence-electron chi connectivity index (χ0n) is 12.8. The van der Waals surface area contributed by atoms with Crippen LogP contribution in [0.1, 0.15) is 10.5 Å². The molecule has 0 aliphatic rings. The largest absolute Gasteiger partial charge is 0.476 e. The van der Waals surface area contributed by atoms with Gasteiger partial charge in [-0.1, -0.05) is 50.0 Å². The molecule has 4 nitrogen and oxygen atoms in total. The van der Waals surface area contributed by atoms with Gasteiger partial charge in [-0.2, -0.15) is 0 Å². The average Bonchev–Trinajstić information content (AvgIpc) is 2.45. The van der Waals surface area contributed by atoms with Gasteiger partial charge in [0.25, 0.3) is 0 Å². The number of pyridine rings is 1. The van der Waals surface area contributed by atoms with Gasteiger partial charge in [0.15, 0.2) is 5.69 Å². The first kappa shape index (κ1) is 15.2. The van der Waals surface area contributed by atoms with Crippen molar-refractivity contribution in [2.75, 3.05) is 11.6 Å². The van der Waals surface area contributed by atoms with Crippen molar-refractivity contribution in [3.63, 3.8) is 0 Å². The molecule has 0 radical (unpaired) electrons. The van der Waals surface area contributed by atoms with Crippen LogP contribution < -0.4 is 4.57 Å². The molecule has 1 heterocycles. The average molecular weight is 300 g/mol. The molecule has 5 heteroatoms. The highest BCUT2D eigenvalue weighted by atomic mass is 28.3. The SMILES string of the molecule is CN(c1cnc(C(=O)O)c(-c2ccccc2)c1)[Si](C)(C)C. The molecule has 21 heavy (non-hydrogen) atoms. The zero-order valence-corrected chi connectivity index (χ0v) is 13.8. The summed E-state index contributed by atoms with van der Waals surface area (Å²) >= 11 is 0. The van der Waals surface area contributed by atoms with Gasteiger partial charge in [0.1, 0.15) is 8.24 Å². The minimum Gasteiger partial charge on any atom is -0.476 e. The van der Waals surface area contributed by atoms with E-state index in [9.17, 15) is 9.90 Å². The molecule has 1 aromatic heterocycles. The third-order valence-electron chi connectivity index (χ3n) is 3.55. The van der Waals surface area contributed by atoms with Crippen molar-refractivity contribution in [1.82, 2.24) is 4.98 Å². The molecule has 1 N–H and O–H groups in total. The second-order valence-corrected chi connectivity index (χ2v) is 11.0. The Morgan fingerprint density at radius 2 is 1.81 bits per heavy atom. The molecule has 0 bridgehead atoms. The predicted molar refractivity (Wildman–Crippen MR) is 88.4 cm³/mol. The number of carboxylic acids is 1. The molecule has 0 aliphatic carbocycles. The van der Waals surface area contributed by atoms with Crippen LogP contribution in [-0.2, 0) is 0 Å². The van der Waals surface area contributed by atoms with E-state index < -0.39 is 14.2 Å². The normalized spacial score (nSPS) is 11.2. The van der Waals surface area contributed by atoms with Crippen LogP contribution in [0, 0.1) is 0 Å². The van der Waals surface area contributed by atoms with E-state index in [0.29, 0.717) is 5.56 Å². The van der Waals surface area contributed by atoms with E-state index in [1.807, 2.05) is 43.4 Å². The maximum absolute atomic E-state index is 11.4. The molecule has 0 atom stereocenters. The van der Waals surface area contributed by atoms with Crippen LogP contribution in [0.3, 0.4) is 0 Å². The summed E-state index contributed by atoms with van der Waals surface area (Å²) in [7, 11) is 0.516. The van der Waals surface area contributed by atoms with Crippen molar-refractivity contribution >= 4 is 19.9 Å². The predicted octanol–water partition coefficient (Wildman–Crippen LogP) is 3.72. The Bertz CT molecular complexity index is 651. The summed E-state index contributed by atoms with van der Waals surface area (Å²) in [6.07, 6.45) is 1.65. The summed E-state index contributed by atoms with van der Waals surface area (Å²) in [6, 6.07) is 11.4. The van der Waals surface area contributed by atoms with Crippen LogP contribution in [0.15, 0.2) is 42.6 Å². The minimum absolute atomic E-state index is 0.0916. The molecule has 0 unspecified atom stereocenters. The van der Waals surface area contributed by atoms with Crippen LogP contribution in [0.25, 0.3) is 11.1 Å². The van der Waals surface area contributed by atoms with Gasteiger partial charge >= 0.3 is 5.97 Å². The van der Waals surface area contributed by atoms with E-state index in [1.54, 1.807) is 6.20 Å². The fraction of sp³-hybridized carbons (Fsp3) is 0.250. The van der Waals surface area contributed by atoms with Crippen LogP contribution in [0.2, 0.25) is 19.6 Å². The van der Waals surface area contributed by atoms with Gasteiger partial charge in [-0.05, 0) is 18.7 Å². The second-order valence-electron chi connectivity index (χ2n) is 5.99. The molecule has 2 aromatic rings. The fourth-order valence-corrected chi connectivity index (χ4v) is 2.93. The lowest BCUT2D eigenvalue weighted by atomic mass is 10.0. The quantitative estimate of drug-likeness (QED) is 0.874. The maximum Gasteiger partial charge on any atom is 0.355 e. The van der Waals surface area contributed by atoms with Crippen molar-refractivity contribution in [1.29, 1.82) is 0 Å². The van der Waals surface area contributed by atoms with Crippen molar-refractivity contribution < 1.29 is 9.90 Å². The Balaban J connectivity index is 2.58. The summed E-state index contributed by atoms with van der Waals surface area (Å²) in [5.74, 6) is -1.00. The van der Waals surface area contributed by atoms with Gasteiger partial charge in [-0.25, -0.2) is 9.78 Å². The number of aromatic carboxylic acids is 1. The van der Waals surface area contributed by atoms with Gasteiger partial charge in [0, 0.05) is 11.3 Å². The lowest BCUT2D eigenvalue weighted by molar-refractivity contribution is 0.0691. The molecule has 0 amide bonds. The molecule has 0 saturated carbocycles. The molecule has 0 spiro atoms. The fourth-order valence-electron chi connectivity index (χ4n) is 2.03. The number of benzene rings is 1. The minimum atomic E-state index is -1.52. The molecule has 0 aliphatic heterocycles. The number of aromatic nitrogens is 1. The summed E-state index contributed by atoms with van der Waals surface area (Å²) in [5, 5.41) is 9.35. The lowest BCUT2D eigenvalue weighted by Gasteiger charge is -2.32. The highest BCUT2D eigenvalue weighted by Crippen LogP contribution is 2.28. The maximum atomic E-state index is 11.4. The number of rotatable bonds is 4. The van der Waals surface area contributed by atoms with Crippen LogP contribution in [-0.4, -0.2) is 31.3 Å². The number of carboxylic acid groups (broad SMARTS) is 1. The summed E-state index contributed by atoms with van der Waals surface area (Å²) in [5.41, 5.74) is 2.57. The highest BCUT2D eigenvalue weighted by molar-refractivity contribution is 6.79. The van der Waals surface area contributed by atoms with Gasteiger partial charge in [-0.15, -0.1) is 0 Å². The van der Waals surface area contributed by atoms with Gasteiger partial charge in [0.05, 0.1) is 6.20 Å². The molecule has 0 fully saturated rings. The third-order valence-corrected chi connectivity index (χ3v) is 5.82. The Hall–Kier alpha value is -2.14. The highest BCUT2D eigenvalue weighted by Gasteiger charge is 2.23. The molecule has 2 rings (SSSR count). The van der Waals surface area contributed by atoms with Crippen molar-refractivity contribution in [2.45, 2.75) is 19.6 Å². The molecule has 0 saturated heterocycles. The molecule has 110 valence electrons. The van der Waals surface area contributed by atoms with Gasteiger partial charge in [-0.3, -0.25) is 0 Å². The summed E-state index contributed by atoms with van der Waals surface area (Å²) in [4.78, 5) is 15.6. The molecular weight excluding hydrogens is 280 g/mol. The number of nitrogens with zero attached hydrogens (tertiary/aromatic N) is 2. The van der Waals surface area contributed by atoms with Crippen molar-refractivity contribution in [3.05, 3.63) is 48.3 Å². The Morgan fingerprint density at radius 3 is 2.33 bits per heavy atom. The van der Waals surface area contributed by atoms with Gasteiger partial charge < -0.3 is 9.67 Å². The zero-order chi connectivity index (χ0) is 15.6. The van der Waals surface area contributed by atoms with Crippen LogP contribution in [0.5, 0.6) is 0 Å². The first-order chi connectivity index (χ1) is 9.80. The van der Waals surface area contributed by atoms with E-state index in [2.05, 4.69) is 29.2 Å². The molecule has 1 aromatic carbocycles. The van der Waals surface area contributed by atoms with E-state index in [-0.39, 0.29) is 5.69 Å². The van der Waals surface area contributed by atoms with Crippen LogP contribution in [0.4, 0.5) is 5.69 Å². The number of carbonyl (C=O) groups is 1. The lowest BCUT2D eigenvalue weighted by Crippen LogP contribution is -2.43. The van der Waals surface area contributed by atoms with E-state index in [0.717, 1.165) is 11.3 Å². The number of hydrogen-bond donors (Lipinski definition) is 1. The first-order valence-corrected chi connectivity index (χ1v) is 10.3.